The van der Waals surface area contributed by atoms with Crippen LogP contribution in [-0.2, 0) is 9.53 Å². The highest BCUT2D eigenvalue weighted by Crippen LogP contribution is 2.17. The van der Waals surface area contributed by atoms with Crippen molar-refractivity contribution in [3.05, 3.63) is 54.6 Å². The lowest BCUT2D eigenvalue weighted by atomic mass is 10.2. The molecule has 0 aromatic heterocycles. The molecule has 1 N–H and O–H groups in total. The summed E-state index contributed by atoms with van der Waals surface area (Å²) in [5, 5.41) is 2.86. The lowest BCUT2D eigenvalue weighted by molar-refractivity contribution is -0.117. The van der Waals surface area contributed by atoms with Crippen molar-refractivity contribution in [2.24, 2.45) is 0 Å². The number of ether oxygens (including phenoxy) is 1. The predicted molar refractivity (Wildman–Crippen MR) is 92.0 cm³/mol. The van der Waals surface area contributed by atoms with Crippen LogP contribution in [0.5, 0.6) is 0 Å². The summed E-state index contributed by atoms with van der Waals surface area (Å²) in [6.07, 6.45) is 10.7. The molecule has 0 aliphatic carbocycles. The molecule has 1 unspecified atom stereocenters. The zero-order chi connectivity index (χ0) is 15.5. The third kappa shape index (κ3) is 6.96. The van der Waals surface area contributed by atoms with Crippen LogP contribution in [0.1, 0.15) is 19.3 Å². The standard InChI is InChI=1S/C18H23NO2S/c20-18(19-15-16-9-8-13-21-16)12-6-1-2-7-14-22-17-10-4-3-5-11-17/h1-6,10-12,16H,7-9,13-15H2,(H,19,20)/b2-1+,12-6+. The Morgan fingerprint density at radius 1 is 1.32 bits per heavy atom. The van der Waals surface area contributed by atoms with E-state index in [4.69, 9.17) is 4.74 Å². The second kappa shape index (κ2) is 10.2. The summed E-state index contributed by atoms with van der Waals surface area (Å²) < 4.78 is 5.45. The monoisotopic (exact) mass is 317 g/mol. The quantitative estimate of drug-likeness (QED) is 0.345. The van der Waals surface area contributed by atoms with Crippen molar-refractivity contribution in [2.75, 3.05) is 18.9 Å². The van der Waals surface area contributed by atoms with Crippen molar-refractivity contribution in [1.82, 2.24) is 5.32 Å². The van der Waals surface area contributed by atoms with E-state index in [-0.39, 0.29) is 12.0 Å². The van der Waals surface area contributed by atoms with Gasteiger partial charge in [0.1, 0.15) is 0 Å². The van der Waals surface area contributed by atoms with Crippen molar-refractivity contribution < 1.29 is 9.53 Å². The number of benzene rings is 1. The van der Waals surface area contributed by atoms with Crippen molar-refractivity contribution in [3.8, 4) is 0 Å². The average molecular weight is 317 g/mol. The van der Waals surface area contributed by atoms with Crippen LogP contribution in [0.3, 0.4) is 0 Å². The molecule has 0 radical (unpaired) electrons. The Bertz CT molecular complexity index is 493. The molecule has 1 atom stereocenters. The fourth-order valence-electron chi connectivity index (χ4n) is 2.16. The Morgan fingerprint density at radius 3 is 2.95 bits per heavy atom. The molecule has 1 aromatic carbocycles. The number of carbonyl (C=O) groups is 1. The maximum absolute atomic E-state index is 11.6. The largest absolute Gasteiger partial charge is 0.376 e. The van der Waals surface area contributed by atoms with Gasteiger partial charge in [0.05, 0.1) is 6.10 Å². The van der Waals surface area contributed by atoms with Gasteiger partial charge in [0, 0.05) is 29.9 Å². The molecule has 22 heavy (non-hydrogen) atoms. The van der Waals surface area contributed by atoms with Gasteiger partial charge in [-0.2, -0.15) is 0 Å². The summed E-state index contributed by atoms with van der Waals surface area (Å²) in [4.78, 5) is 12.9. The zero-order valence-electron chi connectivity index (χ0n) is 12.7. The zero-order valence-corrected chi connectivity index (χ0v) is 13.6. The topological polar surface area (TPSA) is 38.3 Å². The molecule has 0 bridgehead atoms. The average Bonchev–Trinajstić information content (AvgIpc) is 3.06. The minimum absolute atomic E-state index is 0.0567. The molecule has 1 fully saturated rings. The molecule has 2 rings (SSSR count). The molecule has 0 spiro atoms. The predicted octanol–water partition coefficient (Wildman–Crippen LogP) is 3.58. The number of hydrogen-bond donors (Lipinski definition) is 1. The van der Waals surface area contributed by atoms with Crippen LogP contribution in [0.25, 0.3) is 0 Å². The van der Waals surface area contributed by atoms with Crippen LogP contribution in [0, 0.1) is 0 Å². The molecular weight excluding hydrogens is 294 g/mol. The normalized spacial score (nSPS) is 18.3. The fourth-order valence-corrected chi connectivity index (χ4v) is 3.00. The van der Waals surface area contributed by atoms with Gasteiger partial charge in [0.25, 0.3) is 0 Å². The highest BCUT2D eigenvalue weighted by molar-refractivity contribution is 7.99. The van der Waals surface area contributed by atoms with Crippen molar-refractivity contribution in [1.29, 1.82) is 0 Å². The number of carbonyl (C=O) groups excluding carboxylic acids is 1. The summed E-state index contributed by atoms with van der Waals surface area (Å²) >= 11 is 1.84. The van der Waals surface area contributed by atoms with E-state index in [1.165, 1.54) is 4.90 Å². The first-order chi connectivity index (χ1) is 10.8. The van der Waals surface area contributed by atoms with E-state index in [9.17, 15) is 4.79 Å². The van der Waals surface area contributed by atoms with Gasteiger partial charge in [-0.15, -0.1) is 11.8 Å². The first-order valence-corrected chi connectivity index (χ1v) is 8.73. The number of hydrogen-bond acceptors (Lipinski definition) is 3. The van der Waals surface area contributed by atoms with Crippen molar-refractivity contribution in [2.45, 2.75) is 30.3 Å². The smallest absolute Gasteiger partial charge is 0.244 e. The lowest BCUT2D eigenvalue weighted by Crippen LogP contribution is -2.30. The van der Waals surface area contributed by atoms with E-state index in [0.29, 0.717) is 6.54 Å². The SMILES string of the molecule is O=C(/C=C/C=C/CCSc1ccccc1)NCC1CCCO1. The van der Waals surface area contributed by atoms with Crippen LogP contribution in [-0.4, -0.2) is 30.9 Å². The first-order valence-electron chi connectivity index (χ1n) is 7.75. The molecule has 3 nitrogen and oxygen atoms in total. The van der Waals surface area contributed by atoms with Gasteiger partial charge in [-0.3, -0.25) is 4.79 Å². The van der Waals surface area contributed by atoms with E-state index >= 15 is 0 Å². The number of amides is 1. The van der Waals surface area contributed by atoms with Gasteiger partial charge in [0.2, 0.25) is 5.91 Å². The molecule has 0 saturated carbocycles. The van der Waals surface area contributed by atoms with E-state index in [1.807, 2.05) is 23.9 Å². The Kier molecular flexibility index (Phi) is 7.85. The van der Waals surface area contributed by atoms with Crippen LogP contribution in [0.4, 0.5) is 0 Å². The van der Waals surface area contributed by atoms with Gasteiger partial charge in [-0.1, -0.05) is 36.4 Å². The van der Waals surface area contributed by atoms with Crippen molar-refractivity contribution >= 4 is 17.7 Å². The Hall–Kier alpha value is -1.52. The Morgan fingerprint density at radius 2 is 2.18 bits per heavy atom. The minimum Gasteiger partial charge on any atom is -0.376 e. The molecule has 1 aliphatic rings. The first kappa shape index (κ1) is 16.8. The summed E-state index contributed by atoms with van der Waals surface area (Å²) in [5.74, 6) is 0.985. The Labute approximate surface area is 136 Å². The van der Waals surface area contributed by atoms with Crippen molar-refractivity contribution in [3.63, 3.8) is 0 Å². The minimum atomic E-state index is -0.0567. The lowest BCUT2D eigenvalue weighted by Gasteiger charge is -2.08. The van der Waals surface area contributed by atoms with E-state index in [0.717, 1.165) is 31.6 Å². The summed E-state index contributed by atoms with van der Waals surface area (Å²) in [7, 11) is 0. The molecule has 1 heterocycles. The van der Waals surface area contributed by atoms with Gasteiger partial charge in [0.15, 0.2) is 0 Å². The fraction of sp³-hybridized carbons (Fsp3) is 0.389. The van der Waals surface area contributed by atoms with Crippen LogP contribution < -0.4 is 5.32 Å². The molecular formula is C18H23NO2S. The van der Waals surface area contributed by atoms with Crippen LogP contribution in [0.15, 0.2) is 59.5 Å². The molecule has 118 valence electrons. The number of nitrogens with one attached hydrogen (secondary N) is 1. The molecule has 1 aromatic rings. The van der Waals surface area contributed by atoms with E-state index < -0.39 is 0 Å². The number of rotatable bonds is 8. The number of thioether (sulfide) groups is 1. The highest BCUT2D eigenvalue weighted by Gasteiger charge is 2.15. The van der Waals surface area contributed by atoms with E-state index in [1.54, 1.807) is 12.2 Å². The highest BCUT2D eigenvalue weighted by atomic mass is 32.2. The Balaban J connectivity index is 1.53. The summed E-state index contributed by atoms with van der Waals surface area (Å²) in [5.41, 5.74) is 0. The van der Waals surface area contributed by atoms with Gasteiger partial charge >= 0.3 is 0 Å². The number of allylic oxidation sites excluding steroid dienone is 3. The molecule has 4 heteroatoms. The van der Waals surface area contributed by atoms with Gasteiger partial charge in [-0.05, 0) is 31.4 Å². The third-order valence-corrected chi connectivity index (χ3v) is 4.36. The summed E-state index contributed by atoms with van der Waals surface area (Å²) in [6.45, 7) is 1.43. The maximum atomic E-state index is 11.6. The maximum Gasteiger partial charge on any atom is 0.244 e. The van der Waals surface area contributed by atoms with Gasteiger partial charge in [-0.25, -0.2) is 0 Å². The molecule has 1 saturated heterocycles. The van der Waals surface area contributed by atoms with Crippen LogP contribution >= 0.6 is 11.8 Å². The van der Waals surface area contributed by atoms with Gasteiger partial charge < -0.3 is 10.1 Å². The summed E-state index contributed by atoms with van der Waals surface area (Å²) in [6, 6.07) is 10.4. The second-order valence-corrected chi connectivity index (χ2v) is 6.29. The molecule has 1 aliphatic heterocycles. The van der Waals surface area contributed by atoms with Crippen LogP contribution in [0.2, 0.25) is 0 Å². The third-order valence-electron chi connectivity index (χ3n) is 3.32. The molecule has 1 amide bonds. The van der Waals surface area contributed by atoms with E-state index in [2.05, 4.69) is 35.7 Å². The second-order valence-electron chi connectivity index (χ2n) is 5.12.